The largest absolute Gasteiger partial charge is 0.379 e. The molecule has 0 aromatic heterocycles. The third kappa shape index (κ3) is 2.98. The lowest BCUT2D eigenvalue weighted by Crippen LogP contribution is -2.62. The molecule has 2 fully saturated rings. The molecule has 4 rings (SSSR count). The van der Waals surface area contributed by atoms with Crippen molar-refractivity contribution in [2.75, 3.05) is 58.4 Å². The Morgan fingerprint density at radius 3 is 2.40 bits per heavy atom. The van der Waals surface area contributed by atoms with Crippen LogP contribution in [0.1, 0.15) is 10.4 Å². The molecule has 132 valence electrons. The second-order valence-electron chi connectivity index (χ2n) is 7.08. The molecule has 0 radical (unpaired) electrons. The highest BCUT2D eigenvalue weighted by Crippen LogP contribution is 2.30. The summed E-state index contributed by atoms with van der Waals surface area (Å²) in [6.07, 6.45) is 0. The number of nitrogens with zero attached hydrogens (tertiary/aromatic N) is 3. The summed E-state index contributed by atoms with van der Waals surface area (Å²) in [4.78, 5) is 19.5. The molecule has 0 spiro atoms. The minimum atomic E-state index is 0.144. The number of likely N-dealkylation sites (tertiary alicyclic amines) is 1. The molecule has 0 saturated carbocycles. The summed E-state index contributed by atoms with van der Waals surface area (Å²) in [6, 6.07) is 12.7. The lowest BCUT2D eigenvalue weighted by molar-refractivity contribution is -0.0255. The maximum absolute atomic E-state index is 13.0. The van der Waals surface area contributed by atoms with Crippen molar-refractivity contribution in [2.45, 2.75) is 6.04 Å². The van der Waals surface area contributed by atoms with Gasteiger partial charge in [-0.1, -0.05) is 24.3 Å². The number of benzene rings is 2. The first-order chi connectivity index (χ1) is 12.1. The number of carbonyl (C=O) groups is 1. The molecule has 0 unspecified atom stereocenters. The van der Waals surface area contributed by atoms with Gasteiger partial charge in [0, 0.05) is 63.0 Å². The Labute approximate surface area is 148 Å². The van der Waals surface area contributed by atoms with E-state index in [1.165, 1.54) is 0 Å². The molecular formula is C20H25N3O2. The van der Waals surface area contributed by atoms with Gasteiger partial charge in [0.2, 0.25) is 0 Å². The van der Waals surface area contributed by atoms with Gasteiger partial charge < -0.3 is 14.5 Å². The Hall–Kier alpha value is -2.11. The molecule has 25 heavy (non-hydrogen) atoms. The molecule has 0 bridgehead atoms. The van der Waals surface area contributed by atoms with E-state index in [1.807, 2.05) is 37.2 Å². The Balaban J connectivity index is 1.54. The predicted molar refractivity (Wildman–Crippen MR) is 100 cm³/mol. The summed E-state index contributed by atoms with van der Waals surface area (Å²) in [5, 5.41) is 2.16. The zero-order chi connectivity index (χ0) is 17.4. The highest BCUT2D eigenvalue weighted by atomic mass is 16.5. The number of morpholine rings is 1. The Kier molecular flexibility index (Phi) is 4.36. The number of ether oxygens (including phenoxy) is 1. The quantitative estimate of drug-likeness (QED) is 0.858. The van der Waals surface area contributed by atoms with Gasteiger partial charge in [-0.3, -0.25) is 9.69 Å². The fraction of sp³-hybridized carbons (Fsp3) is 0.450. The minimum Gasteiger partial charge on any atom is -0.379 e. The van der Waals surface area contributed by atoms with Gasteiger partial charge in [-0.2, -0.15) is 0 Å². The van der Waals surface area contributed by atoms with Gasteiger partial charge in [-0.05, 0) is 17.5 Å². The van der Waals surface area contributed by atoms with Gasteiger partial charge in [-0.25, -0.2) is 0 Å². The molecule has 0 N–H and O–H groups in total. The fourth-order valence-electron chi connectivity index (χ4n) is 3.82. The van der Waals surface area contributed by atoms with E-state index in [2.05, 4.69) is 28.0 Å². The Bertz CT molecular complexity index is 778. The maximum Gasteiger partial charge on any atom is 0.254 e. The maximum atomic E-state index is 13.0. The molecule has 0 atom stereocenters. The third-order valence-electron chi connectivity index (χ3n) is 5.32. The smallest absolute Gasteiger partial charge is 0.254 e. The molecule has 2 aromatic carbocycles. The third-order valence-corrected chi connectivity index (χ3v) is 5.32. The van der Waals surface area contributed by atoms with Gasteiger partial charge in [0.1, 0.15) is 0 Å². The van der Waals surface area contributed by atoms with Crippen molar-refractivity contribution >= 4 is 22.4 Å². The van der Waals surface area contributed by atoms with Crippen molar-refractivity contribution in [3.05, 3.63) is 42.0 Å². The van der Waals surface area contributed by atoms with E-state index < -0.39 is 0 Å². The molecular weight excluding hydrogens is 314 g/mol. The highest BCUT2D eigenvalue weighted by Gasteiger charge is 2.36. The average molecular weight is 339 g/mol. The zero-order valence-corrected chi connectivity index (χ0v) is 14.9. The number of amides is 1. The van der Waals surface area contributed by atoms with Crippen molar-refractivity contribution < 1.29 is 9.53 Å². The van der Waals surface area contributed by atoms with Crippen LogP contribution in [-0.2, 0) is 4.74 Å². The predicted octanol–water partition coefficient (Wildman–Crippen LogP) is 2.06. The Morgan fingerprint density at radius 2 is 1.72 bits per heavy atom. The monoisotopic (exact) mass is 339 g/mol. The topological polar surface area (TPSA) is 36.0 Å². The first-order valence-electron chi connectivity index (χ1n) is 8.95. The van der Waals surface area contributed by atoms with Gasteiger partial charge in [0.05, 0.1) is 13.2 Å². The summed E-state index contributed by atoms with van der Waals surface area (Å²) < 4.78 is 5.41. The van der Waals surface area contributed by atoms with E-state index in [0.29, 0.717) is 6.04 Å². The van der Waals surface area contributed by atoms with Crippen LogP contribution in [0.4, 0.5) is 5.69 Å². The van der Waals surface area contributed by atoms with Crippen molar-refractivity contribution in [3.8, 4) is 0 Å². The summed E-state index contributed by atoms with van der Waals surface area (Å²) in [5.74, 6) is 0.144. The standard InChI is InChI=1S/C20H25N3O2/c1-21(2)19-8-7-18(16-5-3-4-6-17(16)19)20(24)23-13-15(14-23)22-9-11-25-12-10-22/h3-8,15H,9-14H2,1-2H3. The van der Waals surface area contributed by atoms with E-state index in [4.69, 9.17) is 4.74 Å². The minimum absolute atomic E-state index is 0.144. The first kappa shape index (κ1) is 16.4. The van der Waals surface area contributed by atoms with Crippen LogP contribution in [0.5, 0.6) is 0 Å². The number of rotatable bonds is 3. The molecule has 2 aliphatic rings. The molecule has 1 amide bonds. The number of hydrogen-bond donors (Lipinski definition) is 0. The van der Waals surface area contributed by atoms with Crippen LogP contribution in [0.2, 0.25) is 0 Å². The molecule has 5 heteroatoms. The van der Waals surface area contributed by atoms with Crippen LogP contribution in [-0.4, -0.2) is 75.2 Å². The number of fused-ring (bicyclic) bond motifs is 1. The lowest BCUT2D eigenvalue weighted by atomic mass is 9.99. The number of anilines is 1. The molecule has 2 aromatic rings. The summed E-state index contributed by atoms with van der Waals surface area (Å²) in [6.45, 7) is 5.22. The van der Waals surface area contributed by atoms with Crippen LogP contribution in [0.3, 0.4) is 0 Å². The number of hydrogen-bond acceptors (Lipinski definition) is 4. The van der Waals surface area contributed by atoms with Crippen LogP contribution in [0, 0.1) is 0 Å². The molecule has 2 heterocycles. The van der Waals surface area contributed by atoms with E-state index in [0.717, 1.165) is 61.4 Å². The molecule has 0 aliphatic carbocycles. The van der Waals surface area contributed by atoms with Crippen LogP contribution in [0.25, 0.3) is 10.8 Å². The summed E-state index contributed by atoms with van der Waals surface area (Å²) in [5.41, 5.74) is 1.95. The summed E-state index contributed by atoms with van der Waals surface area (Å²) >= 11 is 0. The molecule has 2 saturated heterocycles. The van der Waals surface area contributed by atoms with Crippen molar-refractivity contribution in [1.82, 2.24) is 9.80 Å². The fourth-order valence-corrected chi connectivity index (χ4v) is 3.82. The van der Waals surface area contributed by atoms with Crippen molar-refractivity contribution in [2.24, 2.45) is 0 Å². The zero-order valence-electron chi connectivity index (χ0n) is 14.9. The first-order valence-corrected chi connectivity index (χ1v) is 8.95. The highest BCUT2D eigenvalue weighted by molar-refractivity contribution is 6.10. The summed E-state index contributed by atoms with van der Waals surface area (Å²) in [7, 11) is 4.07. The second-order valence-corrected chi connectivity index (χ2v) is 7.08. The van der Waals surface area contributed by atoms with Gasteiger partial charge >= 0.3 is 0 Å². The molecule has 2 aliphatic heterocycles. The van der Waals surface area contributed by atoms with E-state index in [-0.39, 0.29) is 5.91 Å². The molecule has 5 nitrogen and oxygen atoms in total. The second kappa shape index (κ2) is 6.65. The number of carbonyl (C=O) groups excluding carboxylic acids is 1. The average Bonchev–Trinajstić information content (AvgIpc) is 2.60. The van der Waals surface area contributed by atoms with Crippen LogP contribution in [0.15, 0.2) is 36.4 Å². The van der Waals surface area contributed by atoms with E-state index in [9.17, 15) is 4.79 Å². The lowest BCUT2D eigenvalue weighted by Gasteiger charge is -2.46. The van der Waals surface area contributed by atoms with E-state index >= 15 is 0 Å². The SMILES string of the molecule is CN(C)c1ccc(C(=O)N2CC(N3CCOCC3)C2)c2ccccc12. The van der Waals surface area contributed by atoms with Crippen LogP contribution < -0.4 is 4.90 Å². The van der Waals surface area contributed by atoms with Gasteiger partial charge in [0.25, 0.3) is 5.91 Å². The van der Waals surface area contributed by atoms with E-state index in [1.54, 1.807) is 0 Å². The van der Waals surface area contributed by atoms with Crippen molar-refractivity contribution in [1.29, 1.82) is 0 Å². The van der Waals surface area contributed by atoms with Crippen LogP contribution >= 0.6 is 0 Å². The van der Waals surface area contributed by atoms with Gasteiger partial charge in [-0.15, -0.1) is 0 Å². The van der Waals surface area contributed by atoms with Crippen molar-refractivity contribution in [3.63, 3.8) is 0 Å². The normalized spacial score (nSPS) is 19.0. The Morgan fingerprint density at radius 1 is 1.04 bits per heavy atom. The van der Waals surface area contributed by atoms with Gasteiger partial charge in [0.15, 0.2) is 0 Å².